The molecule has 0 radical (unpaired) electrons. The number of ketones is 2. The quantitative estimate of drug-likeness (QED) is 0.572. The predicted octanol–water partition coefficient (Wildman–Crippen LogP) is 5.27. The van der Waals surface area contributed by atoms with Gasteiger partial charge in [-0.15, -0.1) is 0 Å². The zero-order valence-corrected chi connectivity index (χ0v) is 15.2. The van der Waals surface area contributed by atoms with E-state index in [4.69, 9.17) is 0 Å². The molecule has 0 aliphatic rings. The molecule has 0 bridgehead atoms. The van der Waals surface area contributed by atoms with Crippen molar-refractivity contribution in [2.45, 2.75) is 26.7 Å². The molecule has 2 heteroatoms. The van der Waals surface area contributed by atoms with E-state index in [0.29, 0.717) is 22.3 Å². The molecule has 0 saturated carbocycles. The summed E-state index contributed by atoms with van der Waals surface area (Å²) in [6.07, 6.45) is 1.68. The number of aryl methyl sites for hydroxylation is 2. The van der Waals surface area contributed by atoms with Crippen LogP contribution in [0.5, 0.6) is 0 Å². The van der Waals surface area contributed by atoms with Crippen LogP contribution >= 0.6 is 0 Å². The molecule has 0 unspecified atom stereocenters. The third kappa shape index (κ3) is 3.65. The topological polar surface area (TPSA) is 34.1 Å². The Balaban J connectivity index is 1.98. The van der Waals surface area contributed by atoms with E-state index in [-0.39, 0.29) is 11.6 Å². The van der Waals surface area contributed by atoms with E-state index in [0.717, 1.165) is 18.4 Å². The van der Waals surface area contributed by atoms with Crippen LogP contribution in [0, 0.1) is 0 Å². The molecule has 0 N–H and O–H groups in total. The number of carbonyl (C=O) groups is 2. The molecule has 0 heterocycles. The third-order valence-electron chi connectivity index (χ3n) is 4.66. The smallest absolute Gasteiger partial charge is 0.193 e. The Bertz CT molecular complexity index is 922. The largest absolute Gasteiger partial charge is 0.289 e. The van der Waals surface area contributed by atoms with E-state index < -0.39 is 0 Å². The molecule has 26 heavy (non-hydrogen) atoms. The van der Waals surface area contributed by atoms with Crippen molar-refractivity contribution >= 4 is 11.6 Å². The van der Waals surface area contributed by atoms with Crippen LogP contribution in [-0.4, -0.2) is 11.6 Å². The molecule has 0 aliphatic heterocycles. The Kier molecular flexibility index (Phi) is 5.43. The summed E-state index contributed by atoms with van der Waals surface area (Å²) in [6, 6.07) is 22.3. The van der Waals surface area contributed by atoms with Crippen LogP contribution in [0.1, 0.15) is 56.8 Å². The van der Waals surface area contributed by atoms with Crippen molar-refractivity contribution in [3.8, 4) is 0 Å². The van der Waals surface area contributed by atoms with Gasteiger partial charge in [-0.2, -0.15) is 0 Å². The SMILES string of the molecule is CCc1ccc(C(=O)c2ccc(CC)c(C(=O)c3ccccc3)c2)cc1. The number of hydrogen-bond donors (Lipinski definition) is 0. The normalized spacial score (nSPS) is 10.5. The molecular weight excluding hydrogens is 320 g/mol. The molecule has 130 valence electrons. The molecular formula is C24H22O2. The molecule has 0 fully saturated rings. The van der Waals surface area contributed by atoms with Crippen LogP contribution < -0.4 is 0 Å². The minimum absolute atomic E-state index is 0.0431. The van der Waals surface area contributed by atoms with Crippen LogP contribution in [0.15, 0.2) is 72.8 Å². The van der Waals surface area contributed by atoms with Crippen LogP contribution in [-0.2, 0) is 12.8 Å². The van der Waals surface area contributed by atoms with Gasteiger partial charge in [-0.25, -0.2) is 0 Å². The molecule has 0 spiro atoms. The molecule has 2 nitrogen and oxygen atoms in total. The summed E-state index contributed by atoms with van der Waals surface area (Å²) < 4.78 is 0. The highest BCUT2D eigenvalue weighted by atomic mass is 16.1. The van der Waals surface area contributed by atoms with Gasteiger partial charge in [-0.3, -0.25) is 9.59 Å². The van der Waals surface area contributed by atoms with Gasteiger partial charge in [0, 0.05) is 22.3 Å². The highest BCUT2D eigenvalue weighted by Gasteiger charge is 2.17. The average Bonchev–Trinajstić information content (AvgIpc) is 2.73. The molecule has 3 rings (SSSR count). The summed E-state index contributed by atoms with van der Waals surface area (Å²) in [4.78, 5) is 25.8. The molecule has 0 amide bonds. The molecule has 3 aromatic carbocycles. The molecule has 0 atom stereocenters. The summed E-state index contributed by atoms with van der Waals surface area (Å²) in [5.41, 5.74) is 4.59. The lowest BCUT2D eigenvalue weighted by atomic mass is 9.92. The van der Waals surface area contributed by atoms with Crippen LogP contribution in [0.25, 0.3) is 0 Å². The number of hydrogen-bond acceptors (Lipinski definition) is 2. The second-order valence-electron chi connectivity index (χ2n) is 6.30. The van der Waals surface area contributed by atoms with Gasteiger partial charge in [0.25, 0.3) is 0 Å². The Morgan fingerprint density at radius 1 is 0.654 bits per heavy atom. The highest BCUT2D eigenvalue weighted by molar-refractivity contribution is 6.13. The lowest BCUT2D eigenvalue weighted by molar-refractivity contribution is 0.103. The van der Waals surface area contributed by atoms with Crippen molar-refractivity contribution in [1.29, 1.82) is 0 Å². The summed E-state index contributed by atoms with van der Waals surface area (Å²) in [5.74, 6) is -0.101. The Labute approximate surface area is 154 Å². The maximum absolute atomic E-state index is 12.9. The fourth-order valence-corrected chi connectivity index (χ4v) is 3.04. The van der Waals surface area contributed by atoms with E-state index in [1.165, 1.54) is 5.56 Å². The Morgan fingerprint density at radius 2 is 1.27 bits per heavy atom. The van der Waals surface area contributed by atoms with Gasteiger partial charge < -0.3 is 0 Å². The zero-order chi connectivity index (χ0) is 18.5. The maximum Gasteiger partial charge on any atom is 0.193 e. The fraction of sp³-hybridized carbons (Fsp3) is 0.167. The van der Waals surface area contributed by atoms with Crippen molar-refractivity contribution in [1.82, 2.24) is 0 Å². The molecule has 3 aromatic rings. The first-order chi connectivity index (χ1) is 12.6. The average molecular weight is 342 g/mol. The van der Waals surface area contributed by atoms with E-state index in [1.807, 2.05) is 61.5 Å². The first-order valence-electron chi connectivity index (χ1n) is 9.00. The number of carbonyl (C=O) groups excluding carboxylic acids is 2. The lowest BCUT2D eigenvalue weighted by Gasteiger charge is -2.10. The zero-order valence-electron chi connectivity index (χ0n) is 15.2. The predicted molar refractivity (Wildman–Crippen MR) is 105 cm³/mol. The van der Waals surface area contributed by atoms with E-state index in [1.54, 1.807) is 18.2 Å². The van der Waals surface area contributed by atoms with Crippen molar-refractivity contribution < 1.29 is 9.59 Å². The highest BCUT2D eigenvalue weighted by Crippen LogP contribution is 2.20. The van der Waals surface area contributed by atoms with Gasteiger partial charge in [-0.1, -0.05) is 80.6 Å². The molecule has 0 aliphatic carbocycles. The second-order valence-corrected chi connectivity index (χ2v) is 6.30. The Morgan fingerprint density at radius 3 is 1.88 bits per heavy atom. The Hall–Kier alpha value is -3.00. The van der Waals surface area contributed by atoms with Crippen molar-refractivity contribution in [3.05, 3.63) is 106 Å². The first-order valence-corrected chi connectivity index (χ1v) is 9.00. The summed E-state index contributed by atoms with van der Waals surface area (Å²) in [6.45, 7) is 4.10. The van der Waals surface area contributed by atoms with Crippen LogP contribution in [0.2, 0.25) is 0 Å². The molecule has 0 saturated heterocycles. The maximum atomic E-state index is 12.9. The summed E-state index contributed by atoms with van der Waals surface area (Å²) in [5, 5.41) is 0. The van der Waals surface area contributed by atoms with Crippen LogP contribution in [0.3, 0.4) is 0 Å². The number of rotatable bonds is 6. The second kappa shape index (κ2) is 7.92. The monoisotopic (exact) mass is 342 g/mol. The molecule has 0 aromatic heterocycles. The summed E-state index contributed by atoms with van der Waals surface area (Å²) in [7, 11) is 0. The van der Waals surface area contributed by atoms with Gasteiger partial charge in [0.15, 0.2) is 11.6 Å². The van der Waals surface area contributed by atoms with Gasteiger partial charge in [0.2, 0.25) is 0 Å². The fourth-order valence-electron chi connectivity index (χ4n) is 3.04. The van der Waals surface area contributed by atoms with Crippen molar-refractivity contribution in [2.24, 2.45) is 0 Å². The minimum Gasteiger partial charge on any atom is -0.289 e. The van der Waals surface area contributed by atoms with Gasteiger partial charge in [0.1, 0.15) is 0 Å². The van der Waals surface area contributed by atoms with Crippen molar-refractivity contribution in [2.75, 3.05) is 0 Å². The first kappa shape index (κ1) is 17.8. The van der Waals surface area contributed by atoms with Crippen LogP contribution in [0.4, 0.5) is 0 Å². The lowest BCUT2D eigenvalue weighted by Crippen LogP contribution is -2.09. The van der Waals surface area contributed by atoms with E-state index >= 15 is 0 Å². The van der Waals surface area contributed by atoms with E-state index in [9.17, 15) is 9.59 Å². The van der Waals surface area contributed by atoms with Gasteiger partial charge in [-0.05, 0) is 30.0 Å². The summed E-state index contributed by atoms with van der Waals surface area (Å²) >= 11 is 0. The minimum atomic E-state index is -0.0579. The number of benzene rings is 3. The van der Waals surface area contributed by atoms with Crippen molar-refractivity contribution in [3.63, 3.8) is 0 Å². The van der Waals surface area contributed by atoms with Gasteiger partial charge in [0.05, 0.1) is 0 Å². The van der Waals surface area contributed by atoms with Gasteiger partial charge >= 0.3 is 0 Å². The third-order valence-corrected chi connectivity index (χ3v) is 4.66. The van der Waals surface area contributed by atoms with E-state index in [2.05, 4.69) is 6.92 Å². The standard InChI is InChI=1S/C24H22O2/c1-3-17-10-12-20(13-11-17)23(25)21-15-14-18(4-2)22(16-21)24(26)19-8-6-5-7-9-19/h5-16H,3-4H2,1-2H3.